The lowest BCUT2D eigenvalue weighted by Gasteiger charge is -2.27. The van der Waals surface area contributed by atoms with Gasteiger partial charge in [-0.2, -0.15) is 5.10 Å². The molecular weight excluding hydrogens is 416 g/mol. The van der Waals surface area contributed by atoms with Crippen molar-refractivity contribution in [1.82, 2.24) is 20.0 Å². The molecule has 4 rings (SSSR count). The van der Waals surface area contributed by atoms with E-state index >= 15 is 0 Å². The van der Waals surface area contributed by atoms with Crippen LogP contribution in [0, 0.1) is 0 Å². The number of likely N-dealkylation sites (N-methyl/N-ethyl adjacent to an activating group) is 1. The summed E-state index contributed by atoms with van der Waals surface area (Å²) in [4.78, 5) is 4.44. The molecule has 31 heavy (non-hydrogen) atoms. The highest BCUT2D eigenvalue weighted by molar-refractivity contribution is 6.32. The molecule has 0 aliphatic carbocycles. The van der Waals surface area contributed by atoms with Gasteiger partial charge in [-0.15, -0.1) is 0 Å². The topological polar surface area (TPSA) is 84.9 Å². The fourth-order valence-corrected chi connectivity index (χ4v) is 3.91. The number of benzene rings is 2. The minimum atomic E-state index is -0.150. The first-order valence-electron chi connectivity index (χ1n) is 10.3. The number of ether oxygens (including phenoxy) is 1. The zero-order valence-electron chi connectivity index (χ0n) is 17.7. The SMILES string of the molecule is CN(C)CCOc1ccc(CN2CCc3[nH]nc(-c4cc(Cl)c(O)cc4O)c3C2)cc1. The van der Waals surface area contributed by atoms with E-state index in [-0.39, 0.29) is 16.5 Å². The summed E-state index contributed by atoms with van der Waals surface area (Å²) < 4.78 is 5.77. The number of nitrogens with zero attached hydrogens (tertiary/aromatic N) is 3. The van der Waals surface area contributed by atoms with E-state index in [1.807, 2.05) is 26.2 Å². The summed E-state index contributed by atoms with van der Waals surface area (Å²) in [5, 5.41) is 27.7. The molecule has 7 nitrogen and oxygen atoms in total. The van der Waals surface area contributed by atoms with E-state index < -0.39 is 0 Å². The summed E-state index contributed by atoms with van der Waals surface area (Å²) in [6.07, 6.45) is 0.848. The van der Waals surface area contributed by atoms with Crippen LogP contribution in [-0.2, 0) is 19.5 Å². The number of fused-ring (bicyclic) bond motifs is 1. The number of rotatable bonds is 7. The molecule has 0 atom stereocenters. The van der Waals surface area contributed by atoms with Crippen molar-refractivity contribution < 1.29 is 14.9 Å². The maximum absolute atomic E-state index is 10.3. The first-order chi connectivity index (χ1) is 14.9. The van der Waals surface area contributed by atoms with Gasteiger partial charge in [0.2, 0.25) is 0 Å². The molecule has 164 valence electrons. The summed E-state index contributed by atoms with van der Waals surface area (Å²) >= 11 is 6.06. The van der Waals surface area contributed by atoms with E-state index in [1.165, 1.54) is 11.6 Å². The average Bonchev–Trinajstić information content (AvgIpc) is 3.15. The number of nitrogens with one attached hydrogen (secondary N) is 1. The molecule has 2 heterocycles. The van der Waals surface area contributed by atoms with Crippen LogP contribution < -0.4 is 4.74 Å². The molecule has 3 aromatic rings. The van der Waals surface area contributed by atoms with E-state index in [1.54, 1.807) is 6.07 Å². The number of hydrogen-bond donors (Lipinski definition) is 3. The number of aromatic hydroxyl groups is 2. The molecule has 0 spiro atoms. The molecule has 1 aliphatic heterocycles. The highest BCUT2D eigenvalue weighted by Crippen LogP contribution is 2.39. The van der Waals surface area contributed by atoms with Crippen LogP contribution in [0.5, 0.6) is 17.2 Å². The van der Waals surface area contributed by atoms with Crippen molar-refractivity contribution in [2.75, 3.05) is 33.8 Å². The van der Waals surface area contributed by atoms with Gasteiger partial charge in [0, 0.05) is 55.5 Å². The molecule has 0 radical (unpaired) electrons. The van der Waals surface area contributed by atoms with Crippen LogP contribution in [0.1, 0.15) is 16.8 Å². The van der Waals surface area contributed by atoms with E-state index in [2.05, 4.69) is 32.1 Å². The molecule has 0 unspecified atom stereocenters. The van der Waals surface area contributed by atoms with E-state index in [0.29, 0.717) is 24.4 Å². The molecule has 0 bridgehead atoms. The first-order valence-corrected chi connectivity index (χ1v) is 10.7. The first kappa shape index (κ1) is 21.5. The number of phenolic OH excluding ortho intramolecular Hbond substituents is 2. The van der Waals surface area contributed by atoms with Gasteiger partial charge in [0.1, 0.15) is 29.5 Å². The van der Waals surface area contributed by atoms with Crippen molar-refractivity contribution in [3.05, 3.63) is 58.2 Å². The van der Waals surface area contributed by atoms with Crippen LogP contribution in [0.15, 0.2) is 36.4 Å². The Morgan fingerprint density at radius 2 is 1.94 bits per heavy atom. The second-order valence-corrected chi connectivity index (χ2v) is 8.51. The van der Waals surface area contributed by atoms with Crippen LogP contribution in [0.3, 0.4) is 0 Å². The molecule has 1 aliphatic rings. The Kier molecular flexibility index (Phi) is 6.36. The van der Waals surface area contributed by atoms with Crippen molar-refractivity contribution >= 4 is 11.6 Å². The van der Waals surface area contributed by atoms with Crippen LogP contribution in [0.4, 0.5) is 0 Å². The third-order valence-electron chi connectivity index (χ3n) is 5.47. The fourth-order valence-electron chi connectivity index (χ4n) is 3.74. The maximum Gasteiger partial charge on any atom is 0.137 e. The third-order valence-corrected chi connectivity index (χ3v) is 5.77. The van der Waals surface area contributed by atoms with Gasteiger partial charge in [0.15, 0.2) is 0 Å². The summed E-state index contributed by atoms with van der Waals surface area (Å²) in [7, 11) is 4.05. The molecule has 3 N–H and O–H groups in total. The van der Waals surface area contributed by atoms with Crippen molar-refractivity contribution in [1.29, 1.82) is 0 Å². The molecule has 0 saturated carbocycles. The number of aromatic amines is 1. The Balaban J connectivity index is 1.45. The van der Waals surface area contributed by atoms with Gasteiger partial charge < -0.3 is 19.8 Å². The third kappa shape index (κ3) is 4.95. The lowest BCUT2D eigenvalue weighted by atomic mass is 10.00. The second kappa shape index (κ2) is 9.18. The molecule has 1 aromatic heterocycles. The monoisotopic (exact) mass is 442 g/mol. The van der Waals surface area contributed by atoms with Gasteiger partial charge in [-0.3, -0.25) is 10.00 Å². The smallest absolute Gasteiger partial charge is 0.137 e. The summed E-state index contributed by atoms with van der Waals surface area (Å²) in [6, 6.07) is 11.0. The Morgan fingerprint density at radius 1 is 1.16 bits per heavy atom. The van der Waals surface area contributed by atoms with Gasteiger partial charge in [-0.1, -0.05) is 23.7 Å². The number of H-pyrrole nitrogens is 1. The van der Waals surface area contributed by atoms with Gasteiger partial charge in [0.05, 0.1) is 5.02 Å². The largest absolute Gasteiger partial charge is 0.507 e. The van der Waals surface area contributed by atoms with Crippen molar-refractivity contribution in [2.24, 2.45) is 0 Å². The normalized spacial score (nSPS) is 14.1. The predicted molar refractivity (Wildman–Crippen MR) is 121 cm³/mol. The molecule has 2 aromatic carbocycles. The van der Waals surface area contributed by atoms with Gasteiger partial charge in [0.25, 0.3) is 0 Å². The molecule has 0 fully saturated rings. The van der Waals surface area contributed by atoms with Crippen molar-refractivity contribution in [3.63, 3.8) is 0 Å². The van der Waals surface area contributed by atoms with E-state index in [0.717, 1.165) is 43.1 Å². The Hall–Kier alpha value is -2.74. The summed E-state index contributed by atoms with van der Waals surface area (Å²) in [6.45, 7) is 3.98. The minimum Gasteiger partial charge on any atom is -0.507 e. The molecule has 0 amide bonds. The number of halogens is 1. The zero-order chi connectivity index (χ0) is 22.0. The van der Waals surface area contributed by atoms with Crippen LogP contribution in [-0.4, -0.2) is 64.0 Å². The standard InChI is InChI=1S/C23H27ClN4O3/c1-27(2)9-10-31-16-5-3-15(4-6-16)13-28-8-7-20-18(14-28)23(26-25-20)17-11-19(24)22(30)12-21(17)29/h3-6,11-12,29-30H,7-10,13-14H2,1-2H3,(H,25,26). The van der Waals surface area contributed by atoms with Crippen molar-refractivity contribution in [2.45, 2.75) is 19.5 Å². The lowest BCUT2D eigenvalue weighted by Crippen LogP contribution is -2.30. The van der Waals surface area contributed by atoms with E-state index in [4.69, 9.17) is 16.3 Å². The highest BCUT2D eigenvalue weighted by atomic mass is 35.5. The predicted octanol–water partition coefficient (Wildman–Crippen LogP) is 3.64. The Bertz CT molecular complexity index is 1050. The fraction of sp³-hybridized carbons (Fsp3) is 0.348. The number of aromatic nitrogens is 2. The number of hydrogen-bond acceptors (Lipinski definition) is 6. The quantitative estimate of drug-likeness (QED) is 0.518. The van der Waals surface area contributed by atoms with E-state index in [9.17, 15) is 10.2 Å². The molecule has 0 saturated heterocycles. The zero-order valence-corrected chi connectivity index (χ0v) is 18.5. The van der Waals surface area contributed by atoms with Gasteiger partial charge in [-0.25, -0.2) is 0 Å². The Labute approximate surface area is 186 Å². The number of phenols is 2. The summed E-state index contributed by atoms with van der Waals surface area (Å²) in [5.74, 6) is 0.685. The average molecular weight is 443 g/mol. The van der Waals surface area contributed by atoms with Gasteiger partial charge in [-0.05, 0) is 37.9 Å². The van der Waals surface area contributed by atoms with Crippen LogP contribution in [0.2, 0.25) is 5.02 Å². The van der Waals surface area contributed by atoms with Crippen molar-refractivity contribution in [3.8, 4) is 28.5 Å². The lowest BCUT2D eigenvalue weighted by molar-refractivity contribution is 0.244. The maximum atomic E-state index is 10.3. The highest BCUT2D eigenvalue weighted by Gasteiger charge is 2.24. The Morgan fingerprint density at radius 3 is 2.68 bits per heavy atom. The van der Waals surface area contributed by atoms with Gasteiger partial charge >= 0.3 is 0 Å². The van der Waals surface area contributed by atoms with Crippen LogP contribution in [0.25, 0.3) is 11.3 Å². The molecular formula is C23H27ClN4O3. The molecule has 8 heteroatoms. The summed E-state index contributed by atoms with van der Waals surface area (Å²) in [5.41, 5.74) is 4.51. The minimum absolute atomic E-state index is 0.0434. The second-order valence-electron chi connectivity index (χ2n) is 8.11. The van der Waals surface area contributed by atoms with Crippen LogP contribution >= 0.6 is 11.6 Å².